The predicted octanol–water partition coefficient (Wildman–Crippen LogP) is 5.83. The number of amides is 1. The van der Waals surface area contributed by atoms with E-state index in [4.69, 9.17) is 4.74 Å². The average molecular weight is 437 g/mol. The van der Waals surface area contributed by atoms with Crippen molar-refractivity contribution in [2.75, 3.05) is 26.2 Å². The second-order valence-corrected chi connectivity index (χ2v) is 10.3. The maximum Gasteiger partial charge on any atom is 0.258 e. The molecule has 1 aliphatic rings. The standard InChI is InChI=1S/C28H40N2O2/c1-21(2)22-9-11-23(12-10-22)26(30-17-7-6-8-18-30)19-29-27(31)20-32-25-15-13-24(14-16-25)28(3,4)5/h9-16,21,26H,6-8,17-20H2,1-5H3,(H,29,31)/t26-/m0/s1. The number of piperidine rings is 1. The third-order valence-electron chi connectivity index (χ3n) is 6.40. The molecule has 0 radical (unpaired) electrons. The average Bonchev–Trinajstić information content (AvgIpc) is 2.78. The molecule has 1 aliphatic heterocycles. The minimum atomic E-state index is -0.0780. The fourth-order valence-corrected chi connectivity index (χ4v) is 4.25. The van der Waals surface area contributed by atoms with E-state index in [1.54, 1.807) is 0 Å². The zero-order valence-electron chi connectivity index (χ0n) is 20.5. The van der Waals surface area contributed by atoms with Gasteiger partial charge >= 0.3 is 0 Å². The van der Waals surface area contributed by atoms with E-state index in [-0.39, 0.29) is 24.0 Å². The highest BCUT2D eigenvalue weighted by Crippen LogP contribution is 2.26. The fraction of sp³-hybridized carbons (Fsp3) is 0.536. The summed E-state index contributed by atoms with van der Waals surface area (Å²) in [5, 5.41) is 3.12. The Labute approximate surface area is 194 Å². The summed E-state index contributed by atoms with van der Waals surface area (Å²) in [4.78, 5) is 15.1. The van der Waals surface area contributed by atoms with Gasteiger partial charge in [-0.2, -0.15) is 0 Å². The minimum absolute atomic E-state index is 0.0356. The molecule has 0 saturated carbocycles. The van der Waals surface area contributed by atoms with E-state index < -0.39 is 0 Å². The van der Waals surface area contributed by atoms with Crippen molar-refractivity contribution in [2.45, 2.75) is 71.3 Å². The summed E-state index contributed by atoms with van der Waals surface area (Å²) in [6, 6.07) is 17.1. The lowest BCUT2D eigenvalue weighted by molar-refractivity contribution is -0.123. The van der Waals surface area contributed by atoms with E-state index in [1.807, 2.05) is 12.1 Å². The van der Waals surface area contributed by atoms with Crippen molar-refractivity contribution in [3.05, 3.63) is 65.2 Å². The van der Waals surface area contributed by atoms with Crippen LogP contribution in [0.5, 0.6) is 5.75 Å². The molecule has 2 aromatic carbocycles. The quantitative estimate of drug-likeness (QED) is 0.566. The second-order valence-electron chi connectivity index (χ2n) is 10.3. The first-order chi connectivity index (χ1) is 15.2. The highest BCUT2D eigenvalue weighted by atomic mass is 16.5. The summed E-state index contributed by atoms with van der Waals surface area (Å²) in [5.74, 6) is 1.17. The SMILES string of the molecule is CC(C)c1ccc([C@H](CNC(=O)COc2ccc(C(C)(C)C)cc2)N2CCCCC2)cc1. The number of rotatable bonds is 8. The van der Waals surface area contributed by atoms with Crippen LogP contribution in [-0.4, -0.2) is 37.0 Å². The molecular weight excluding hydrogens is 396 g/mol. The minimum Gasteiger partial charge on any atom is -0.484 e. The summed E-state index contributed by atoms with van der Waals surface area (Å²) >= 11 is 0. The third-order valence-corrected chi connectivity index (χ3v) is 6.40. The maximum atomic E-state index is 12.5. The van der Waals surface area contributed by atoms with Crippen molar-refractivity contribution in [3.63, 3.8) is 0 Å². The van der Waals surface area contributed by atoms with E-state index in [0.717, 1.165) is 18.8 Å². The lowest BCUT2D eigenvalue weighted by Crippen LogP contribution is -2.41. The normalized spacial score (nSPS) is 16.1. The van der Waals surface area contributed by atoms with Gasteiger partial charge in [-0.3, -0.25) is 9.69 Å². The smallest absolute Gasteiger partial charge is 0.258 e. The molecule has 0 unspecified atom stereocenters. The van der Waals surface area contributed by atoms with Crippen LogP contribution in [0, 0.1) is 0 Å². The molecule has 4 nitrogen and oxygen atoms in total. The summed E-state index contributed by atoms with van der Waals surface area (Å²) in [6.07, 6.45) is 3.74. The van der Waals surface area contributed by atoms with Crippen LogP contribution in [0.1, 0.15) is 82.5 Å². The van der Waals surface area contributed by atoms with Crippen LogP contribution in [0.4, 0.5) is 0 Å². The molecule has 3 rings (SSSR count). The molecule has 0 aliphatic carbocycles. The van der Waals surface area contributed by atoms with E-state index in [0.29, 0.717) is 12.5 Å². The number of nitrogens with zero attached hydrogens (tertiary/aromatic N) is 1. The first kappa shape index (κ1) is 24.3. The monoisotopic (exact) mass is 436 g/mol. The van der Waals surface area contributed by atoms with Crippen molar-refractivity contribution >= 4 is 5.91 Å². The Morgan fingerprint density at radius 1 is 0.938 bits per heavy atom. The summed E-state index contributed by atoms with van der Waals surface area (Å²) < 4.78 is 5.74. The molecule has 1 fully saturated rings. The number of carbonyl (C=O) groups excluding carboxylic acids is 1. The molecule has 174 valence electrons. The number of hydrogen-bond donors (Lipinski definition) is 1. The molecule has 1 saturated heterocycles. The van der Waals surface area contributed by atoms with Gasteiger partial charge in [0.15, 0.2) is 6.61 Å². The Kier molecular flexibility index (Phi) is 8.36. The molecule has 1 atom stereocenters. The molecular formula is C28H40N2O2. The van der Waals surface area contributed by atoms with Gasteiger partial charge < -0.3 is 10.1 Å². The summed E-state index contributed by atoms with van der Waals surface area (Å²) in [7, 11) is 0. The van der Waals surface area contributed by atoms with Crippen LogP contribution in [-0.2, 0) is 10.2 Å². The molecule has 0 aromatic heterocycles. The largest absolute Gasteiger partial charge is 0.484 e. The van der Waals surface area contributed by atoms with E-state index in [2.05, 4.69) is 81.2 Å². The van der Waals surface area contributed by atoms with Crippen LogP contribution in [0.3, 0.4) is 0 Å². The van der Waals surface area contributed by atoms with E-state index in [9.17, 15) is 4.79 Å². The molecule has 32 heavy (non-hydrogen) atoms. The van der Waals surface area contributed by atoms with E-state index in [1.165, 1.54) is 36.0 Å². The molecule has 1 heterocycles. The second kappa shape index (κ2) is 11.0. The van der Waals surface area contributed by atoms with Gasteiger partial charge in [0.2, 0.25) is 0 Å². The van der Waals surface area contributed by atoms with E-state index >= 15 is 0 Å². The number of carbonyl (C=O) groups is 1. The number of hydrogen-bond acceptors (Lipinski definition) is 3. The fourth-order valence-electron chi connectivity index (χ4n) is 4.25. The van der Waals surface area contributed by atoms with Gasteiger partial charge in [0.1, 0.15) is 5.75 Å². The summed E-state index contributed by atoms with van der Waals surface area (Å²) in [6.45, 7) is 13.8. The molecule has 1 amide bonds. The molecule has 0 bridgehead atoms. The van der Waals surface area contributed by atoms with Gasteiger partial charge in [0, 0.05) is 6.54 Å². The van der Waals surface area contributed by atoms with Crippen LogP contribution in [0.25, 0.3) is 0 Å². The number of benzene rings is 2. The molecule has 2 aromatic rings. The van der Waals surface area contributed by atoms with Gasteiger partial charge in [-0.15, -0.1) is 0 Å². The molecule has 0 spiro atoms. The third kappa shape index (κ3) is 6.83. The van der Waals surface area contributed by atoms with Crippen molar-refractivity contribution in [3.8, 4) is 5.75 Å². The van der Waals surface area contributed by atoms with Crippen molar-refractivity contribution in [1.29, 1.82) is 0 Å². The van der Waals surface area contributed by atoms with Crippen LogP contribution < -0.4 is 10.1 Å². The van der Waals surface area contributed by atoms with Gasteiger partial charge in [-0.25, -0.2) is 0 Å². The van der Waals surface area contributed by atoms with Gasteiger partial charge in [0.25, 0.3) is 5.91 Å². The van der Waals surface area contributed by atoms with Gasteiger partial charge in [-0.05, 0) is 66.1 Å². The molecule has 1 N–H and O–H groups in total. The number of likely N-dealkylation sites (tertiary alicyclic amines) is 1. The Morgan fingerprint density at radius 3 is 2.09 bits per heavy atom. The van der Waals surface area contributed by atoms with Crippen LogP contribution in [0.2, 0.25) is 0 Å². The van der Waals surface area contributed by atoms with Crippen LogP contribution in [0.15, 0.2) is 48.5 Å². The Balaban J connectivity index is 1.58. The summed E-state index contributed by atoms with van der Waals surface area (Å²) in [5.41, 5.74) is 3.98. The number of nitrogens with one attached hydrogen (secondary N) is 1. The van der Waals surface area contributed by atoms with Crippen molar-refractivity contribution in [1.82, 2.24) is 10.2 Å². The molecule has 4 heteroatoms. The Bertz CT molecular complexity index is 844. The Hall–Kier alpha value is -2.33. The first-order valence-electron chi connectivity index (χ1n) is 12.1. The Morgan fingerprint density at radius 2 is 1.53 bits per heavy atom. The maximum absolute atomic E-state index is 12.5. The van der Waals surface area contributed by atoms with Crippen molar-refractivity contribution in [2.24, 2.45) is 0 Å². The van der Waals surface area contributed by atoms with Gasteiger partial charge in [-0.1, -0.05) is 77.4 Å². The lowest BCUT2D eigenvalue weighted by atomic mass is 9.87. The van der Waals surface area contributed by atoms with Crippen molar-refractivity contribution < 1.29 is 9.53 Å². The lowest BCUT2D eigenvalue weighted by Gasteiger charge is -2.35. The first-order valence-corrected chi connectivity index (χ1v) is 12.1. The van der Waals surface area contributed by atoms with Crippen LogP contribution >= 0.6 is 0 Å². The highest BCUT2D eigenvalue weighted by molar-refractivity contribution is 5.77. The topological polar surface area (TPSA) is 41.6 Å². The number of ether oxygens (including phenoxy) is 1. The highest BCUT2D eigenvalue weighted by Gasteiger charge is 2.23. The zero-order valence-corrected chi connectivity index (χ0v) is 20.5. The predicted molar refractivity (Wildman–Crippen MR) is 132 cm³/mol. The zero-order chi connectivity index (χ0) is 23.1. The van der Waals surface area contributed by atoms with Gasteiger partial charge in [0.05, 0.1) is 6.04 Å².